The van der Waals surface area contributed by atoms with E-state index in [9.17, 15) is 4.79 Å². The van der Waals surface area contributed by atoms with E-state index in [2.05, 4.69) is 10.3 Å². The number of nitrogens with zero attached hydrogens (tertiary/aromatic N) is 1. The average molecular weight is 255 g/mol. The minimum absolute atomic E-state index is 0.0112. The third kappa shape index (κ3) is 3.43. The van der Waals surface area contributed by atoms with Crippen molar-refractivity contribution in [2.24, 2.45) is 0 Å². The highest BCUT2D eigenvalue weighted by Crippen LogP contribution is 2.14. The predicted octanol–water partition coefficient (Wildman–Crippen LogP) is 2.58. The van der Waals surface area contributed by atoms with Gasteiger partial charge in [-0.25, -0.2) is 0 Å². The monoisotopic (exact) mass is 255 g/mol. The maximum absolute atomic E-state index is 12.1. The average Bonchev–Trinajstić information content (AvgIpc) is 2.55. The number of carbonyl (C=O) groups is 1. The normalized spacial score (nSPS) is 13.5. The van der Waals surface area contributed by atoms with Crippen molar-refractivity contribution < 1.29 is 4.79 Å². The van der Waals surface area contributed by atoms with Crippen LogP contribution in [-0.4, -0.2) is 21.0 Å². The van der Waals surface area contributed by atoms with Gasteiger partial charge in [-0.15, -0.1) is 0 Å². The summed E-state index contributed by atoms with van der Waals surface area (Å²) in [5, 5.41) is 2.97. The van der Waals surface area contributed by atoms with Crippen LogP contribution < -0.4 is 5.32 Å². The molecule has 0 saturated heterocycles. The molecular weight excluding hydrogens is 234 g/mol. The second kappa shape index (κ2) is 5.04. The number of nitrogens with one attached hydrogen (secondary N) is 2. The lowest BCUT2D eigenvalue weighted by molar-refractivity contribution is -0.125. The zero-order chi connectivity index (χ0) is 13.2. The van der Waals surface area contributed by atoms with Crippen LogP contribution in [0.25, 0.3) is 0 Å². The van der Waals surface area contributed by atoms with E-state index in [1.165, 1.54) is 0 Å². The molecule has 0 spiro atoms. The molecule has 17 heavy (non-hydrogen) atoms. The molecule has 0 saturated carbocycles. The molecule has 2 N–H and O–H groups in total. The third-order valence-electron chi connectivity index (χ3n) is 2.52. The van der Waals surface area contributed by atoms with Crippen LogP contribution in [0.5, 0.6) is 0 Å². The molecule has 1 unspecified atom stereocenters. The number of carbonyl (C=O) groups excluding carboxylic acids is 1. The van der Waals surface area contributed by atoms with Gasteiger partial charge >= 0.3 is 0 Å². The van der Waals surface area contributed by atoms with E-state index >= 15 is 0 Å². The molecule has 0 aliphatic carbocycles. The Balaban J connectivity index is 2.96. The van der Waals surface area contributed by atoms with E-state index in [0.717, 1.165) is 12.1 Å². The summed E-state index contributed by atoms with van der Waals surface area (Å²) < 4.78 is 2.47. The Labute approximate surface area is 107 Å². The lowest BCUT2D eigenvalue weighted by Gasteiger charge is -2.24. The Morgan fingerprint density at radius 2 is 2.18 bits per heavy atom. The number of aromatic amines is 1. The largest absolute Gasteiger partial charge is 0.350 e. The Bertz CT molecular complexity index is 453. The van der Waals surface area contributed by atoms with Crippen molar-refractivity contribution in [2.45, 2.75) is 52.6 Å². The highest BCUT2D eigenvalue weighted by atomic mass is 32.1. The van der Waals surface area contributed by atoms with Crippen molar-refractivity contribution in [3.63, 3.8) is 0 Å². The number of aryl methyl sites for hydroxylation is 1. The van der Waals surface area contributed by atoms with Gasteiger partial charge in [0.25, 0.3) is 0 Å². The summed E-state index contributed by atoms with van der Waals surface area (Å²) in [5.74, 6) is -0.0112. The number of aromatic nitrogens is 2. The summed E-state index contributed by atoms with van der Waals surface area (Å²) >= 11 is 5.20. The number of imidazole rings is 1. The second-order valence-electron chi connectivity index (χ2n) is 5.22. The molecule has 1 atom stereocenters. The van der Waals surface area contributed by atoms with E-state index in [1.807, 2.05) is 45.4 Å². The fourth-order valence-corrected chi connectivity index (χ4v) is 2.04. The van der Waals surface area contributed by atoms with Gasteiger partial charge in [0.05, 0.1) is 0 Å². The van der Waals surface area contributed by atoms with Crippen LogP contribution in [0.1, 0.15) is 46.4 Å². The maximum Gasteiger partial charge on any atom is 0.243 e. The Kier molecular flexibility index (Phi) is 4.14. The predicted molar refractivity (Wildman–Crippen MR) is 71.6 cm³/mol. The zero-order valence-electron chi connectivity index (χ0n) is 11.1. The molecule has 0 radical (unpaired) electrons. The van der Waals surface area contributed by atoms with Gasteiger partial charge in [-0.05, 0) is 46.3 Å². The van der Waals surface area contributed by atoms with Crippen molar-refractivity contribution in [1.29, 1.82) is 0 Å². The first-order valence-electron chi connectivity index (χ1n) is 5.87. The molecule has 1 aromatic heterocycles. The van der Waals surface area contributed by atoms with E-state index in [4.69, 9.17) is 12.2 Å². The van der Waals surface area contributed by atoms with Crippen LogP contribution in [0.2, 0.25) is 0 Å². The van der Waals surface area contributed by atoms with Gasteiger partial charge in [-0.2, -0.15) is 0 Å². The van der Waals surface area contributed by atoms with Crippen LogP contribution in [-0.2, 0) is 11.2 Å². The van der Waals surface area contributed by atoms with E-state index in [-0.39, 0.29) is 17.5 Å². The van der Waals surface area contributed by atoms with Crippen LogP contribution in [0.4, 0.5) is 0 Å². The molecule has 0 aliphatic heterocycles. The lowest BCUT2D eigenvalue weighted by atomic mass is 10.1. The van der Waals surface area contributed by atoms with Crippen LogP contribution in [0, 0.1) is 4.77 Å². The van der Waals surface area contributed by atoms with Gasteiger partial charge in [0.1, 0.15) is 6.04 Å². The first-order valence-corrected chi connectivity index (χ1v) is 6.28. The van der Waals surface area contributed by atoms with Crippen molar-refractivity contribution in [3.05, 3.63) is 16.7 Å². The number of hydrogen-bond acceptors (Lipinski definition) is 2. The molecule has 1 aromatic rings. The molecule has 0 aromatic carbocycles. The minimum Gasteiger partial charge on any atom is -0.350 e. The number of rotatable bonds is 3. The molecule has 0 aliphatic rings. The van der Waals surface area contributed by atoms with E-state index < -0.39 is 0 Å². The van der Waals surface area contributed by atoms with Gasteiger partial charge in [0.2, 0.25) is 5.91 Å². The van der Waals surface area contributed by atoms with Gasteiger partial charge in [-0.3, -0.25) is 4.79 Å². The van der Waals surface area contributed by atoms with Crippen LogP contribution in [0.3, 0.4) is 0 Å². The molecule has 96 valence electrons. The topological polar surface area (TPSA) is 49.8 Å². The molecule has 4 nitrogen and oxygen atoms in total. The number of hydrogen-bond donors (Lipinski definition) is 2. The van der Waals surface area contributed by atoms with Gasteiger partial charge in [0, 0.05) is 17.4 Å². The van der Waals surface area contributed by atoms with Gasteiger partial charge in [-0.1, -0.05) is 6.92 Å². The smallest absolute Gasteiger partial charge is 0.243 e. The maximum atomic E-state index is 12.1. The molecule has 1 rings (SSSR count). The molecule has 1 heterocycles. The minimum atomic E-state index is -0.289. The van der Waals surface area contributed by atoms with Gasteiger partial charge < -0.3 is 14.9 Å². The summed E-state index contributed by atoms with van der Waals surface area (Å²) in [6.45, 7) is 9.81. The quantitative estimate of drug-likeness (QED) is 0.816. The lowest BCUT2D eigenvalue weighted by Crippen LogP contribution is -2.44. The first kappa shape index (κ1) is 14.0. The molecule has 0 bridgehead atoms. The molecule has 5 heteroatoms. The second-order valence-corrected chi connectivity index (χ2v) is 5.61. The summed E-state index contributed by atoms with van der Waals surface area (Å²) in [7, 11) is 0. The fourth-order valence-electron chi connectivity index (χ4n) is 1.70. The number of amides is 1. The zero-order valence-corrected chi connectivity index (χ0v) is 11.9. The summed E-state index contributed by atoms with van der Waals surface area (Å²) in [6, 6.07) is -0.289. The SMILES string of the molecule is CCc1c[nH]c(=S)n1C(C)C(=O)NC(C)(C)C. The summed E-state index contributed by atoms with van der Waals surface area (Å²) in [4.78, 5) is 15.1. The number of H-pyrrole nitrogens is 1. The van der Waals surface area contributed by atoms with E-state index in [1.54, 1.807) is 0 Å². The molecule has 1 amide bonds. The molecule has 0 fully saturated rings. The van der Waals surface area contributed by atoms with Crippen molar-refractivity contribution in [1.82, 2.24) is 14.9 Å². The highest BCUT2D eigenvalue weighted by Gasteiger charge is 2.22. The van der Waals surface area contributed by atoms with Crippen molar-refractivity contribution in [3.8, 4) is 0 Å². The van der Waals surface area contributed by atoms with Gasteiger partial charge in [0.15, 0.2) is 4.77 Å². The third-order valence-corrected chi connectivity index (χ3v) is 2.83. The van der Waals surface area contributed by atoms with E-state index in [0.29, 0.717) is 4.77 Å². The Morgan fingerprint density at radius 3 is 2.65 bits per heavy atom. The summed E-state index contributed by atoms with van der Waals surface area (Å²) in [6.07, 6.45) is 2.71. The van der Waals surface area contributed by atoms with Crippen molar-refractivity contribution in [2.75, 3.05) is 0 Å². The Hall–Kier alpha value is -1.10. The Morgan fingerprint density at radius 1 is 1.59 bits per heavy atom. The molecular formula is C12H21N3OS. The van der Waals surface area contributed by atoms with Crippen molar-refractivity contribution >= 4 is 18.1 Å². The summed E-state index contributed by atoms with van der Waals surface area (Å²) in [5.41, 5.74) is 0.822. The van der Waals surface area contributed by atoms with Crippen LogP contribution in [0.15, 0.2) is 6.20 Å². The fraction of sp³-hybridized carbons (Fsp3) is 0.667. The highest BCUT2D eigenvalue weighted by molar-refractivity contribution is 7.71. The van der Waals surface area contributed by atoms with Crippen LogP contribution >= 0.6 is 12.2 Å². The standard InChI is InChI=1S/C12H21N3OS/c1-6-9-7-13-11(17)15(9)8(2)10(16)14-12(3,4)5/h7-8H,6H2,1-5H3,(H,13,17)(H,14,16). The first-order chi connectivity index (χ1) is 7.76.